The highest BCUT2D eigenvalue weighted by molar-refractivity contribution is 5.65. The van der Waals surface area contributed by atoms with Crippen LogP contribution in [0.25, 0.3) is 5.52 Å². The van der Waals surface area contributed by atoms with E-state index in [-0.39, 0.29) is 0 Å². The fraction of sp³-hybridized carbons (Fsp3) is 0.450. The second-order valence-corrected chi connectivity index (χ2v) is 7.47. The Hall–Kier alpha value is -2.65. The summed E-state index contributed by atoms with van der Waals surface area (Å²) in [7, 11) is 0. The third kappa shape index (κ3) is 2.78. The molecule has 0 bridgehead atoms. The van der Waals surface area contributed by atoms with E-state index in [0.29, 0.717) is 11.8 Å². The van der Waals surface area contributed by atoms with Crippen molar-refractivity contribution < 1.29 is 4.52 Å². The van der Waals surface area contributed by atoms with Gasteiger partial charge in [-0.3, -0.25) is 4.90 Å². The highest BCUT2D eigenvalue weighted by Crippen LogP contribution is 2.39. The topological polar surface area (TPSA) is 70.4 Å². The summed E-state index contributed by atoms with van der Waals surface area (Å²) >= 11 is 0. The first-order valence-electron chi connectivity index (χ1n) is 9.36. The van der Waals surface area contributed by atoms with Crippen molar-refractivity contribution in [2.45, 2.75) is 44.1 Å². The van der Waals surface area contributed by atoms with Crippen LogP contribution in [-0.2, 0) is 6.54 Å². The average molecular weight is 347 g/mol. The predicted molar refractivity (Wildman–Crippen MR) is 95.6 cm³/mol. The summed E-state index contributed by atoms with van der Waals surface area (Å²) in [6, 6.07) is 8.35. The van der Waals surface area contributed by atoms with Gasteiger partial charge in [0.25, 0.3) is 0 Å². The summed E-state index contributed by atoms with van der Waals surface area (Å²) in [6.45, 7) is 2.75. The second kappa shape index (κ2) is 6.26. The predicted octanol–water partition coefficient (Wildman–Crippen LogP) is 3.45. The third-order valence-electron chi connectivity index (χ3n) is 5.52. The minimum Gasteiger partial charge on any atom is -0.339 e. The van der Waals surface area contributed by atoms with Crippen LogP contribution in [0.2, 0.25) is 0 Å². The van der Waals surface area contributed by atoms with Gasteiger partial charge in [-0.25, -0.2) is 0 Å². The average Bonchev–Trinajstić information content (AvgIpc) is 3.29. The second-order valence-electron chi connectivity index (χ2n) is 7.47. The highest BCUT2D eigenvalue weighted by Gasteiger charge is 2.32. The molecule has 4 heterocycles. The van der Waals surface area contributed by atoms with Gasteiger partial charge in [-0.1, -0.05) is 11.2 Å². The Balaban J connectivity index is 1.35. The van der Waals surface area contributed by atoms with Crippen LogP contribution < -0.4 is 0 Å². The Kier molecular flexibility index (Phi) is 3.75. The first-order chi connectivity index (χ1) is 12.8. The van der Waals surface area contributed by atoms with Crippen molar-refractivity contribution in [1.82, 2.24) is 19.4 Å². The zero-order valence-corrected chi connectivity index (χ0v) is 14.6. The van der Waals surface area contributed by atoms with Gasteiger partial charge in [0.2, 0.25) is 5.89 Å². The number of rotatable bonds is 4. The van der Waals surface area contributed by atoms with Crippen LogP contribution in [0, 0.1) is 11.3 Å². The van der Waals surface area contributed by atoms with Crippen LogP contribution >= 0.6 is 0 Å². The Morgan fingerprint density at radius 1 is 1.23 bits per heavy atom. The van der Waals surface area contributed by atoms with Crippen LogP contribution in [0.3, 0.4) is 0 Å². The summed E-state index contributed by atoms with van der Waals surface area (Å²) < 4.78 is 7.48. The number of likely N-dealkylation sites (tertiary alicyclic amines) is 1. The maximum atomic E-state index is 9.61. The van der Waals surface area contributed by atoms with Crippen molar-refractivity contribution in [2.24, 2.45) is 0 Å². The van der Waals surface area contributed by atoms with Crippen molar-refractivity contribution in [1.29, 1.82) is 5.26 Å². The smallest absolute Gasteiger partial charge is 0.229 e. The van der Waals surface area contributed by atoms with Crippen LogP contribution in [0.15, 0.2) is 35.1 Å². The normalized spacial score (nSPS) is 21.1. The zero-order chi connectivity index (χ0) is 17.5. The van der Waals surface area contributed by atoms with Gasteiger partial charge in [0.15, 0.2) is 5.82 Å². The van der Waals surface area contributed by atoms with Gasteiger partial charge < -0.3 is 8.92 Å². The van der Waals surface area contributed by atoms with E-state index >= 15 is 0 Å². The molecule has 3 aromatic rings. The molecule has 5 rings (SSSR count). The molecule has 1 aliphatic heterocycles. The van der Waals surface area contributed by atoms with E-state index in [1.54, 1.807) is 0 Å². The lowest BCUT2D eigenvalue weighted by molar-refractivity contribution is 0.194. The van der Waals surface area contributed by atoms with E-state index in [4.69, 9.17) is 4.52 Å². The number of nitrogens with zero attached hydrogens (tertiary/aromatic N) is 5. The number of nitriles is 1. The summed E-state index contributed by atoms with van der Waals surface area (Å²) in [5.41, 5.74) is 2.85. The molecule has 0 amide bonds. The van der Waals surface area contributed by atoms with E-state index in [2.05, 4.69) is 27.3 Å². The highest BCUT2D eigenvalue weighted by atomic mass is 16.5. The van der Waals surface area contributed by atoms with Gasteiger partial charge >= 0.3 is 0 Å². The van der Waals surface area contributed by atoms with Crippen LogP contribution in [0.4, 0.5) is 0 Å². The largest absolute Gasteiger partial charge is 0.339 e. The molecule has 132 valence electrons. The molecule has 1 unspecified atom stereocenters. The maximum absolute atomic E-state index is 9.61. The molecule has 6 heteroatoms. The first-order valence-corrected chi connectivity index (χ1v) is 9.36. The Labute approximate surface area is 152 Å². The van der Waals surface area contributed by atoms with E-state index in [9.17, 15) is 5.26 Å². The number of piperidine rings is 1. The molecule has 0 aromatic carbocycles. The zero-order valence-electron chi connectivity index (χ0n) is 14.6. The SMILES string of the molecule is N#Cc1c(CN2CCCC(c3noc(C4CC4)n3)C2)cn2ccccc12. The molecule has 1 atom stereocenters. The number of fused-ring (bicyclic) bond motifs is 1. The van der Waals surface area contributed by atoms with E-state index in [1.807, 2.05) is 28.8 Å². The minimum atomic E-state index is 0.322. The maximum Gasteiger partial charge on any atom is 0.229 e. The van der Waals surface area contributed by atoms with Crippen LogP contribution in [-0.4, -0.2) is 32.5 Å². The van der Waals surface area contributed by atoms with Gasteiger partial charge in [-0.2, -0.15) is 10.2 Å². The molecule has 3 aromatic heterocycles. The van der Waals surface area contributed by atoms with Crippen molar-refractivity contribution in [2.75, 3.05) is 13.1 Å². The summed E-state index contributed by atoms with van der Waals surface area (Å²) in [5.74, 6) is 2.51. The molecule has 1 saturated carbocycles. The lowest BCUT2D eigenvalue weighted by Crippen LogP contribution is -2.34. The molecule has 1 aliphatic carbocycles. The van der Waals surface area contributed by atoms with Crippen molar-refractivity contribution in [3.63, 3.8) is 0 Å². The fourth-order valence-electron chi connectivity index (χ4n) is 3.99. The molecule has 1 saturated heterocycles. The quantitative estimate of drug-likeness (QED) is 0.723. The van der Waals surface area contributed by atoms with Gasteiger partial charge in [-0.05, 0) is 44.4 Å². The molecule has 2 fully saturated rings. The molecular formula is C20H21N5O. The van der Waals surface area contributed by atoms with Crippen molar-refractivity contribution in [3.8, 4) is 6.07 Å². The minimum absolute atomic E-state index is 0.322. The van der Waals surface area contributed by atoms with Crippen LogP contribution in [0.1, 0.15) is 60.4 Å². The standard InChI is InChI=1S/C20H21N5O/c21-10-17-16(13-25-9-2-1-5-18(17)25)12-24-8-3-4-15(11-24)19-22-20(26-23-19)14-6-7-14/h1-2,5,9,13-15H,3-4,6-8,11-12H2. The molecule has 0 radical (unpaired) electrons. The Morgan fingerprint density at radius 3 is 3.00 bits per heavy atom. The lowest BCUT2D eigenvalue weighted by atomic mass is 9.97. The summed E-state index contributed by atoms with van der Waals surface area (Å²) in [4.78, 5) is 7.06. The molecule has 2 aliphatic rings. The first kappa shape index (κ1) is 15.6. The van der Waals surface area contributed by atoms with Gasteiger partial charge in [0.05, 0.1) is 11.1 Å². The molecule has 0 N–H and O–H groups in total. The number of hydrogen-bond donors (Lipinski definition) is 0. The van der Waals surface area contributed by atoms with Gasteiger partial charge in [-0.15, -0.1) is 0 Å². The number of pyridine rings is 1. The van der Waals surface area contributed by atoms with Crippen molar-refractivity contribution in [3.05, 3.63) is 53.4 Å². The monoisotopic (exact) mass is 347 g/mol. The van der Waals surface area contributed by atoms with Gasteiger partial charge in [0.1, 0.15) is 6.07 Å². The lowest BCUT2D eigenvalue weighted by Gasteiger charge is -2.31. The Bertz CT molecular complexity index is 978. The van der Waals surface area contributed by atoms with E-state index in [0.717, 1.165) is 60.8 Å². The molecule has 6 nitrogen and oxygen atoms in total. The van der Waals surface area contributed by atoms with Gasteiger partial charge in [0, 0.05) is 42.9 Å². The van der Waals surface area contributed by atoms with Crippen LogP contribution in [0.5, 0.6) is 0 Å². The van der Waals surface area contributed by atoms with E-state index in [1.165, 1.54) is 12.8 Å². The number of aromatic nitrogens is 3. The summed E-state index contributed by atoms with van der Waals surface area (Å²) in [5, 5.41) is 13.9. The number of hydrogen-bond acceptors (Lipinski definition) is 5. The van der Waals surface area contributed by atoms with Crippen molar-refractivity contribution >= 4 is 5.52 Å². The Morgan fingerprint density at radius 2 is 2.15 bits per heavy atom. The molecule has 26 heavy (non-hydrogen) atoms. The third-order valence-corrected chi connectivity index (χ3v) is 5.52. The van der Waals surface area contributed by atoms with E-state index < -0.39 is 0 Å². The fourth-order valence-corrected chi connectivity index (χ4v) is 3.99. The molecule has 0 spiro atoms. The molecular weight excluding hydrogens is 326 g/mol. The summed E-state index contributed by atoms with van der Waals surface area (Å²) in [6.07, 6.45) is 8.65.